The molecule has 1 saturated carbocycles. The molecule has 7 heteroatoms. The van der Waals surface area contributed by atoms with Crippen molar-refractivity contribution in [3.05, 3.63) is 91.1 Å². The number of ether oxygens (including phenoxy) is 1. The van der Waals surface area contributed by atoms with Gasteiger partial charge in [-0.2, -0.15) is 0 Å². The van der Waals surface area contributed by atoms with Crippen LogP contribution in [0.25, 0.3) is 33.3 Å². The normalized spacial score (nSPS) is 17.5. The maximum absolute atomic E-state index is 12.8. The summed E-state index contributed by atoms with van der Waals surface area (Å²) in [5.74, 6) is 1.53. The first kappa shape index (κ1) is 23.1. The van der Waals surface area contributed by atoms with Gasteiger partial charge in [-0.25, -0.2) is 4.98 Å². The summed E-state index contributed by atoms with van der Waals surface area (Å²) < 4.78 is 11.8. The number of para-hydroxylation sites is 2. The van der Waals surface area contributed by atoms with Crippen molar-refractivity contribution in [2.45, 2.75) is 37.8 Å². The molecule has 0 bridgehead atoms. The van der Waals surface area contributed by atoms with Crippen molar-refractivity contribution in [1.29, 1.82) is 0 Å². The minimum Gasteiger partial charge on any atom is -0.459 e. The lowest BCUT2D eigenvalue weighted by molar-refractivity contribution is 0.0843. The van der Waals surface area contributed by atoms with E-state index in [0.717, 1.165) is 57.6 Å². The second-order valence-corrected chi connectivity index (χ2v) is 9.41. The van der Waals surface area contributed by atoms with E-state index in [-0.39, 0.29) is 23.8 Å². The number of carbonyl (C=O) groups is 1. The summed E-state index contributed by atoms with van der Waals surface area (Å²) in [6.07, 6.45) is 7.99. The van der Waals surface area contributed by atoms with Gasteiger partial charge in [-0.1, -0.05) is 36.4 Å². The van der Waals surface area contributed by atoms with Gasteiger partial charge in [0.05, 0.1) is 12.4 Å². The number of aliphatic hydroxyl groups excluding tert-OH is 1. The summed E-state index contributed by atoms with van der Waals surface area (Å²) in [7, 11) is 0. The van der Waals surface area contributed by atoms with Gasteiger partial charge in [-0.15, -0.1) is 0 Å². The number of furan rings is 1. The highest BCUT2D eigenvalue weighted by Gasteiger charge is 2.23. The summed E-state index contributed by atoms with van der Waals surface area (Å²) in [6, 6.07) is 21.4. The monoisotopic (exact) mass is 493 g/mol. The lowest BCUT2D eigenvalue weighted by atomic mass is 9.93. The average molecular weight is 494 g/mol. The molecule has 1 aliphatic carbocycles. The zero-order valence-corrected chi connectivity index (χ0v) is 20.2. The molecule has 7 nitrogen and oxygen atoms in total. The molecule has 0 saturated heterocycles. The Morgan fingerprint density at radius 1 is 0.973 bits per heavy atom. The number of nitrogens with zero attached hydrogens (tertiary/aromatic N) is 1. The Morgan fingerprint density at radius 2 is 1.76 bits per heavy atom. The third-order valence-electron chi connectivity index (χ3n) is 6.87. The number of fused-ring (bicyclic) bond motifs is 1. The van der Waals surface area contributed by atoms with Gasteiger partial charge < -0.3 is 24.6 Å². The number of nitrogens with one attached hydrogen (secondary N) is 2. The van der Waals surface area contributed by atoms with Gasteiger partial charge in [0, 0.05) is 46.1 Å². The quantitative estimate of drug-likeness (QED) is 0.257. The SMILES string of the molecule is O=C(NC1CCC(O)CC1)c1cc(-c2c[nH]c3ncc(-c4ccccc4Oc4ccccc4)cc23)co1. The fourth-order valence-corrected chi connectivity index (χ4v) is 4.87. The number of amides is 1. The molecule has 0 aliphatic heterocycles. The van der Waals surface area contributed by atoms with Crippen LogP contribution in [0.4, 0.5) is 0 Å². The van der Waals surface area contributed by atoms with E-state index in [1.165, 1.54) is 0 Å². The Morgan fingerprint density at radius 3 is 2.59 bits per heavy atom. The van der Waals surface area contributed by atoms with E-state index < -0.39 is 0 Å². The van der Waals surface area contributed by atoms with Crippen molar-refractivity contribution < 1.29 is 19.1 Å². The van der Waals surface area contributed by atoms with Gasteiger partial charge in [0.25, 0.3) is 5.91 Å². The highest BCUT2D eigenvalue weighted by Crippen LogP contribution is 2.36. The Balaban J connectivity index is 1.27. The third-order valence-corrected chi connectivity index (χ3v) is 6.87. The molecule has 0 radical (unpaired) electrons. The molecule has 3 aromatic heterocycles. The molecule has 1 amide bonds. The molecular weight excluding hydrogens is 466 g/mol. The van der Waals surface area contributed by atoms with Gasteiger partial charge in [0.15, 0.2) is 5.76 Å². The van der Waals surface area contributed by atoms with Gasteiger partial charge >= 0.3 is 0 Å². The largest absolute Gasteiger partial charge is 0.459 e. The lowest BCUT2D eigenvalue weighted by Gasteiger charge is -2.25. The van der Waals surface area contributed by atoms with E-state index >= 15 is 0 Å². The molecule has 37 heavy (non-hydrogen) atoms. The van der Waals surface area contributed by atoms with E-state index in [1.54, 1.807) is 12.3 Å². The molecule has 6 rings (SSSR count). The third kappa shape index (κ3) is 4.86. The first-order chi connectivity index (χ1) is 18.1. The maximum atomic E-state index is 12.8. The van der Waals surface area contributed by atoms with Crippen molar-refractivity contribution in [2.75, 3.05) is 0 Å². The molecule has 5 aromatic rings. The highest BCUT2D eigenvalue weighted by molar-refractivity contribution is 5.98. The summed E-state index contributed by atoms with van der Waals surface area (Å²) in [5, 5.41) is 13.6. The molecule has 3 heterocycles. The lowest BCUT2D eigenvalue weighted by Crippen LogP contribution is -2.38. The van der Waals surface area contributed by atoms with E-state index in [1.807, 2.05) is 67.0 Å². The number of benzene rings is 2. The van der Waals surface area contributed by atoms with E-state index in [0.29, 0.717) is 12.8 Å². The number of carbonyl (C=O) groups excluding carboxylic acids is 1. The van der Waals surface area contributed by atoms with Crippen LogP contribution in [-0.4, -0.2) is 33.1 Å². The maximum Gasteiger partial charge on any atom is 0.287 e. The van der Waals surface area contributed by atoms with Crippen LogP contribution >= 0.6 is 0 Å². The smallest absolute Gasteiger partial charge is 0.287 e. The van der Waals surface area contributed by atoms with Crippen molar-refractivity contribution in [2.24, 2.45) is 0 Å². The van der Waals surface area contributed by atoms with E-state index in [2.05, 4.69) is 21.4 Å². The number of aliphatic hydroxyl groups is 1. The number of hydrogen-bond donors (Lipinski definition) is 3. The van der Waals surface area contributed by atoms with Crippen LogP contribution in [-0.2, 0) is 0 Å². The molecule has 0 unspecified atom stereocenters. The van der Waals surface area contributed by atoms with Gasteiger partial charge in [0.2, 0.25) is 0 Å². The first-order valence-electron chi connectivity index (χ1n) is 12.5. The second-order valence-electron chi connectivity index (χ2n) is 9.41. The predicted octanol–water partition coefficient (Wildman–Crippen LogP) is 6.32. The molecule has 2 aromatic carbocycles. The fourth-order valence-electron chi connectivity index (χ4n) is 4.87. The number of aromatic amines is 1. The van der Waals surface area contributed by atoms with Crippen molar-refractivity contribution >= 4 is 16.9 Å². The number of rotatable bonds is 6. The summed E-state index contributed by atoms with van der Waals surface area (Å²) in [4.78, 5) is 20.6. The zero-order valence-electron chi connectivity index (χ0n) is 20.2. The molecule has 0 spiro atoms. The molecule has 3 N–H and O–H groups in total. The number of aromatic nitrogens is 2. The Bertz CT molecular complexity index is 1530. The van der Waals surface area contributed by atoms with E-state index in [4.69, 9.17) is 9.15 Å². The minimum atomic E-state index is -0.263. The summed E-state index contributed by atoms with van der Waals surface area (Å²) >= 11 is 0. The Labute approximate surface area is 214 Å². The first-order valence-corrected chi connectivity index (χ1v) is 12.5. The number of H-pyrrole nitrogens is 1. The molecule has 186 valence electrons. The summed E-state index contributed by atoms with van der Waals surface area (Å²) in [5.41, 5.74) is 4.28. The standard InChI is InChI=1S/C30H27N3O4/c34-22-12-10-21(11-13-22)33-30(35)28-15-20(18-36-28)26-17-32-29-25(26)14-19(16-31-29)24-8-4-5-9-27(24)37-23-6-2-1-3-7-23/h1-9,14-18,21-22,34H,10-13H2,(H,31,32)(H,33,35). The van der Waals surface area contributed by atoms with Crippen molar-refractivity contribution in [3.63, 3.8) is 0 Å². The molecule has 1 fully saturated rings. The van der Waals surface area contributed by atoms with Crippen molar-refractivity contribution in [3.8, 4) is 33.8 Å². The molecular formula is C30H27N3O4. The van der Waals surface area contributed by atoms with Crippen LogP contribution in [0.2, 0.25) is 0 Å². The average Bonchev–Trinajstić information content (AvgIpc) is 3.58. The minimum absolute atomic E-state index is 0.0578. The topological polar surface area (TPSA) is 100 Å². The fraction of sp³-hybridized carbons (Fsp3) is 0.200. The highest BCUT2D eigenvalue weighted by atomic mass is 16.5. The van der Waals surface area contributed by atoms with Crippen LogP contribution in [0.5, 0.6) is 11.5 Å². The number of pyridine rings is 1. The van der Waals surface area contributed by atoms with Crippen LogP contribution in [0.15, 0.2) is 89.8 Å². The Hall–Kier alpha value is -4.36. The van der Waals surface area contributed by atoms with Crippen LogP contribution in [0.3, 0.4) is 0 Å². The number of hydrogen-bond acceptors (Lipinski definition) is 5. The van der Waals surface area contributed by atoms with Crippen molar-refractivity contribution in [1.82, 2.24) is 15.3 Å². The van der Waals surface area contributed by atoms with Gasteiger partial charge in [-0.3, -0.25) is 4.79 Å². The predicted molar refractivity (Wildman–Crippen MR) is 141 cm³/mol. The molecule has 0 atom stereocenters. The molecule has 1 aliphatic rings. The van der Waals surface area contributed by atoms with Crippen LogP contribution in [0, 0.1) is 0 Å². The van der Waals surface area contributed by atoms with Gasteiger partial charge in [0.1, 0.15) is 17.1 Å². The van der Waals surface area contributed by atoms with Gasteiger partial charge in [-0.05, 0) is 56.0 Å². The summed E-state index contributed by atoms with van der Waals surface area (Å²) in [6.45, 7) is 0. The second kappa shape index (κ2) is 9.95. The van der Waals surface area contributed by atoms with Crippen LogP contribution in [0.1, 0.15) is 36.2 Å². The zero-order chi connectivity index (χ0) is 25.2. The Kier molecular flexibility index (Phi) is 6.20. The van der Waals surface area contributed by atoms with Crippen LogP contribution < -0.4 is 10.1 Å². The van der Waals surface area contributed by atoms with E-state index in [9.17, 15) is 9.90 Å².